The van der Waals surface area contributed by atoms with Crippen LogP contribution >= 0.6 is 0 Å². The Hall–Kier alpha value is -5.78. The average molecular weight is 760 g/mol. The van der Waals surface area contributed by atoms with Crippen molar-refractivity contribution in [3.05, 3.63) is 145 Å². The van der Waals surface area contributed by atoms with E-state index in [0.29, 0.717) is 18.3 Å². The van der Waals surface area contributed by atoms with Gasteiger partial charge >= 0.3 is 0 Å². The number of allylic oxidation sites excluding steroid dienone is 10. The van der Waals surface area contributed by atoms with Gasteiger partial charge in [-0.15, -0.1) is 0 Å². The molecule has 56 heavy (non-hydrogen) atoms. The molecule has 1 aromatic carbocycles. The molecule has 5 rings (SSSR count). The average Bonchev–Trinajstić information content (AvgIpc) is 3.45. The van der Waals surface area contributed by atoms with E-state index >= 15 is 0 Å². The quantitative estimate of drug-likeness (QED) is 0.118. The first-order valence-corrected chi connectivity index (χ1v) is 19.1. The van der Waals surface area contributed by atoms with E-state index in [2.05, 4.69) is 59.8 Å². The first-order chi connectivity index (χ1) is 27.0. The summed E-state index contributed by atoms with van der Waals surface area (Å²) in [5.74, 6) is -0.802. The van der Waals surface area contributed by atoms with Crippen LogP contribution < -0.4 is 5.32 Å². The maximum atomic E-state index is 13.1. The van der Waals surface area contributed by atoms with Crippen molar-refractivity contribution in [2.75, 3.05) is 59.0 Å². The van der Waals surface area contributed by atoms with Gasteiger partial charge in [-0.05, 0) is 77.0 Å². The summed E-state index contributed by atoms with van der Waals surface area (Å²) in [5.41, 5.74) is 5.64. The highest BCUT2D eigenvalue weighted by Gasteiger charge is 2.42. The zero-order chi connectivity index (χ0) is 40.4. The molecule has 4 heterocycles. The van der Waals surface area contributed by atoms with E-state index in [0.717, 1.165) is 97.2 Å². The Kier molecular flexibility index (Phi) is 14.2. The number of hydrogen-bond acceptors (Lipinski definition) is 9. The number of rotatable bonds is 18. The number of phenolic OH excluding ortho intramolecular Hbond substituents is 1. The SMILES string of the molecule is C=C/C=C(C=C)/C(CC)=C(\C(=C)/C=C\C(=C)OCCN1CC(CN2CCN(/C(C=C)=C/C3=CC(=O)N(C4CCC(=O)NC4=O)C3=O)CC2)C1)c1ccc(O)cc1. The number of likely N-dealkylation sites (tertiary alicyclic amines) is 1. The van der Waals surface area contributed by atoms with Gasteiger partial charge in [0.25, 0.3) is 11.8 Å². The minimum Gasteiger partial charge on any atom is -0.508 e. The Morgan fingerprint density at radius 1 is 0.964 bits per heavy atom. The molecular weight excluding hydrogens is 707 g/mol. The summed E-state index contributed by atoms with van der Waals surface area (Å²) < 4.78 is 5.97. The Bertz CT molecular complexity index is 1920. The van der Waals surface area contributed by atoms with E-state index in [9.17, 15) is 24.3 Å². The van der Waals surface area contributed by atoms with Crippen molar-refractivity contribution in [2.24, 2.45) is 5.92 Å². The van der Waals surface area contributed by atoms with E-state index in [1.165, 1.54) is 6.08 Å². The number of amides is 4. The fraction of sp³-hybridized carbons (Fsp3) is 0.333. The van der Waals surface area contributed by atoms with Crippen LogP contribution in [0.1, 0.15) is 31.7 Å². The lowest BCUT2D eigenvalue weighted by atomic mass is 9.88. The first kappa shape index (κ1) is 41.4. The second-order valence-electron chi connectivity index (χ2n) is 14.3. The summed E-state index contributed by atoms with van der Waals surface area (Å²) in [4.78, 5) is 57.7. The topological polar surface area (TPSA) is 123 Å². The maximum Gasteiger partial charge on any atom is 0.261 e. The summed E-state index contributed by atoms with van der Waals surface area (Å²) in [6.45, 7) is 29.9. The Morgan fingerprint density at radius 2 is 1.68 bits per heavy atom. The number of phenols is 1. The number of nitrogens with one attached hydrogen (secondary N) is 1. The maximum absolute atomic E-state index is 13.1. The van der Waals surface area contributed by atoms with Crippen molar-refractivity contribution in [3.8, 4) is 5.75 Å². The highest BCUT2D eigenvalue weighted by Crippen LogP contribution is 2.34. The van der Waals surface area contributed by atoms with Gasteiger partial charge < -0.3 is 14.7 Å². The minimum atomic E-state index is -0.986. The Balaban J connectivity index is 1.04. The molecule has 4 aliphatic heterocycles. The number of nitrogens with zero attached hydrogens (tertiary/aromatic N) is 4. The van der Waals surface area contributed by atoms with Gasteiger partial charge in [0.1, 0.15) is 24.2 Å². The lowest BCUT2D eigenvalue weighted by Gasteiger charge is -2.44. The molecule has 2 N–H and O–H groups in total. The molecule has 1 atom stereocenters. The number of carbonyl (C=O) groups excluding carboxylic acids is 4. The summed E-state index contributed by atoms with van der Waals surface area (Å²) in [6.07, 6.45) is 14.8. The number of imide groups is 2. The lowest BCUT2D eigenvalue weighted by molar-refractivity contribution is -0.149. The van der Waals surface area contributed by atoms with Crippen molar-refractivity contribution in [1.29, 1.82) is 0 Å². The molecule has 11 heteroatoms. The number of piperazine rings is 1. The zero-order valence-electron chi connectivity index (χ0n) is 32.4. The number of benzene rings is 1. The third-order valence-corrected chi connectivity index (χ3v) is 10.5. The zero-order valence-corrected chi connectivity index (χ0v) is 32.4. The molecule has 4 aliphatic rings. The van der Waals surface area contributed by atoms with Gasteiger partial charge in [-0.2, -0.15) is 0 Å². The predicted octanol–water partition coefficient (Wildman–Crippen LogP) is 5.22. The van der Waals surface area contributed by atoms with Crippen LogP contribution in [0.3, 0.4) is 0 Å². The molecule has 3 saturated heterocycles. The molecule has 4 amide bonds. The molecule has 0 aliphatic carbocycles. The van der Waals surface area contributed by atoms with Crippen molar-refractivity contribution in [3.63, 3.8) is 0 Å². The van der Waals surface area contributed by atoms with E-state index in [4.69, 9.17) is 4.74 Å². The second kappa shape index (κ2) is 19.2. The van der Waals surface area contributed by atoms with Crippen LogP contribution in [0.15, 0.2) is 140 Å². The highest BCUT2D eigenvalue weighted by atomic mass is 16.5. The van der Waals surface area contributed by atoms with Crippen LogP contribution in [0, 0.1) is 5.92 Å². The normalized spacial score (nSPS) is 20.7. The van der Waals surface area contributed by atoms with Gasteiger partial charge in [-0.3, -0.25) is 39.2 Å². The second-order valence-corrected chi connectivity index (χ2v) is 14.3. The van der Waals surface area contributed by atoms with Crippen LogP contribution in [0.4, 0.5) is 0 Å². The van der Waals surface area contributed by atoms with Gasteiger partial charge in [0, 0.05) is 76.1 Å². The van der Waals surface area contributed by atoms with E-state index in [-0.39, 0.29) is 24.2 Å². The smallest absolute Gasteiger partial charge is 0.261 e. The molecule has 3 fully saturated rings. The minimum absolute atomic E-state index is 0.0805. The van der Waals surface area contributed by atoms with Crippen molar-refractivity contribution < 1.29 is 29.0 Å². The van der Waals surface area contributed by atoms with Crippen LogP contribution in [0.5, 0.6) is 5.75 Å². The van der Waals surface area contributed by atoms with E-state index < -0.39 is 29.7 Å². The van der Waals surface area contributed by atoms with Gasteiger partial charge in [0.15, 0.2) is 0 Å². The molecular formula is C45H53N5O6. The fourth-order valence-electron chi connectivity index (χ4n) is 7.55. The van der Waals surface area contributed by atoms with Gasteiger partial charge in [-0.1, -0.05) is 76.3 Å². The number of piperidine rings is 1. The van der Waals surface area contributed by atoms with Crippen molar-refractivity contribution >= 4 is 29.2 Å². The summed E-state index contributed by atoms with van der Waals surface area (Å²) in [6, 6.07) is 6.10. The summed E-state index contributed by atoms with van der Waals surface area (Å²) in [5, 5.41) is 12.1. The highest BCUT2D eigenvalue weighted by molar-refractivity contribution is 6.20. The van der Waals surface area contributed by atoms with Crippen LogP contribution in [0.25, 0.3) is 5.57 Å². The van der Waals surface area contributed by atoms with Crippen molar-refractivity contribution in [1.82, 2.24) is 24.9 Å². The van der Waals surface area contributed by atoms with E-state index in [1.807, 2.05) is 36.4 Å². The number of carbonyl (C=O) groups is 4. The van der Waals surface area contributed by atoms with Crippen LogP contribution in [-0.4, -0.2) is 113 Å². The predicted molar refractivity (Wildman–Crippen MR) is 219 cm³/mol. The molecule has 11 nitrogen and oxygen atoms in total. The van der Waals surface area contributed by atoms with E-state index in [1.54, 1.807) is 30.4 Å². The summed E-state index contributed by atoms with van der Waals surface area (Å²) in [7, 11) is 0. The largest absolute Gasteiger partial charge is 0.508 e. The molecule has 0 bridgehead atoms. The molecule has 294 valence electrons. The fourth-order valence-corrected chi connectivity index (χ4v) is 7.55. The third-order valence-electron chi connectivity index (χ3n) is 10.5. The lowest BCUT2D eigenvalue weighted by Crippen LogP contribution is -2.55. The Morgan fingerprint density at radius 3 is 2.30 bits per heavy atom. The standard InChI is InChI=1S/C45H53N5O6/c1-7-11-34(8-2)39(10-4)43(35-14-16-38(51)17-15-35)31(5)12-13-32(6)56-25-24-48-29-33(30-48)28-47-20-22-49(23-21-47)37(9-3)26-36-27-42(53)50(45(36)55)40-18-19-41(52)46-44(40)54/h7-9,11-17,26-27,33,40,51H,1-3,5-6,10,18-25,28-30H2,4H3,(H,46,52,54)/b13-12-,34-11+,37-26+,43-39+. The van der Waals surface area contributed by atoms with Crippen LogP contribution in [0.2, 0.25) is 0 Å². The van der Waals surface area contributed by atoms with Gasteiger partial charge in [0.2, 0.25) is 11.8 Å². The monoisotopic (exact) mass is 759 g/mol. The van der Waals surface area contributed by atoms with Gasteiger partial charge in [0.05, 0.1) is 0 Å². The molecule has 0 radical (unpaired) electrons. The molecule has 0 saturated carbocycles. The Labute approximate surface area is 330 Å². The van der Waals surface area contributed by atoms with Crippen molar-refractivity contribution in [2.45, 2.75) is 32.2 Å². The molecule has 1 unspecified atom stereocenters. The molecule has 1 aromatic rings. The van der Waals surface area contributed by atoms with Crippen LogP contribution in [-0.2, 0) is 23.9 Å². The summed E-state index contributed by atoms with van der Waals surface area (Å²) >= 11 is 0. The number of aromatic hydroxyl groups is 1. The van der Waals surface area contributed by atoms with Gasteiger partial charge in [-0.25, -0.2) is 0 Å². The molecule has 0 spiro atoms. The number of ether oxygens (including phenoxy) is 1. The number of hydrogen-bond donors (Lipinski definition) is 2. The first-order valence-electron chi connectivity index (χ1n) is 19.1. The molecule has 0 aromatic heterocycles. The third kappa shape index (κ3) is 10.1.